The van der Waals surface area contributed by atoms with Gasteiger partial charge in [-0.2, -0.15) is 0 Å². The molecule has 0 fully saturated rings. The highest BCUT2D eigenvalue weighted by atomic mass is 16.5. The molecule has 0 saturated carbocycles. The van der Waals surface area contributed by atoms with Crippen LogP contribution in [0.2, 0.25) is 0 Å². The van der Waals surface area contributed by atoms with E-state index in [1.807, 2.05) is 24.3 Å². The van der Waals surface area contributed by atoms with Crippen molar-refractivity contribution in [2.75, 3.05) is 7.11 Å². The van der Waals surface area contributed by atoms with E-state index in [9.17, 15) is 0 Å². The number of aryl methyl sites for hydroxylation is 1. The van der Waals surface area contributed by atoms with Crippen LogP contribution in [-0.2, 0) is 0 Å². The van der Waals surface area contributed by atoms with Crippen molar-refractivity contribution in [1.82, 2.24) is 5.01 Å². The van der Waals surface area contributed by atoms with Crippen molar-refractivity contribution in [1.29, 1.82) is 0 Å². The van der Waals surface area contributed by atoms with E-state index in [4.69, 9.17) is 10.6 Å². The molecule has 0 aliphatic carbocycles. The molecule has 0 amide bonds. The second-order valence-corrected chi connectivity index (χ2v) is 5.01. The topological polar surface area (TPSA) is 50.8 Å². The first-order valence-electron chi connectivity index (χ1n) is 7.01. The molecule has 2 aromatic carbocycles. The third-order valence-corrected chi connectivity index (χ3v) is 3.47. The molecule has 114 valence electrons. The molecule has 0 spiro atoms. The number of benzene rings is 2. The van der Waals surface area contributed by atoms with Crippen LogP contribution in [0, 0.1) is 6.92 Å². The number of nitrogens with zero attached hydrogens (tertiary/aromatic N) is 2. The molecule has 2 aromatic rings. The minimum Gasteiger partial charge on any atom is -0.497 e. The lowest BCUT2D eigenvalue weighted by Gasteiger charge is -2.27. The van der Waals surface area contributed by atoms with Gasteiger partial charge in [0.05, 0.1) is 13.2 Å². The van der Waals surface area contributed by atoms with Gasteiger partial charge in [0.2, 0.25) is 0 Å². The van der Waals surface area contributed by atoms with Gasteiger partial charge in [0.1, 0.15) is 5.75 Å². The maximum atomic E-state index is 6.20. The predicted molar refractivity (Wildman–Crippen MR) is 90.7 cm³/mol. The Morgan fingerprint density at radius 3 is 2.14 bits per heavy atom. The van der Waals surface area contributed by atoms with Crippen LogP contribution in [0.3, 0.4) is 0 Å². The standard InChI is InChI=1S/C18H21N3O/c1-14-4-6-15(7-5-14)18(21(19)13-12-20-2)16-8-10-17(22-3)11-9-16/h4-13,18H,2,19H2,1,3H3/b13-12-. The Morgan fingerprint density at radius 2 is 1.64 bits per heavy atom. The largest absolute Gasteiger partial charge is 0.497 e. The lowest BCUT2D eigenvalue weighted by Crippen LogP contribution is -2.30. The molecule has 0 aliphatic rings. The average molecular weight is 295 g/mol. The molecule has 2 rings (SSSR count). The molecule has 0 radical (unpaired) electrons. The van der Waals surface area contributed by atoms with E-state index in [2.05, 4.69) is 42.9 Å². The predicted octanol–water partition coefficient (Wildman–Crippen LogP) is 3.44. The highest BCUT2D eigenvalue weighted by molar-refractivity contribution is 5.37. The first kappa shape index (κ1) is 15.8. The van der Waals surface area contributed by atoms with Crippen LogP contribution in [0.4, 0.5) is 0 Å². The van der Waals surface area contributed by atoms with Gasteiger partial charge in [-0.15, -0.1) is 0 Å². The molecule has 1 unspecified atom stereocenters. The Labute approximate surface area is 131 Å². The zero-order valence-electron chi connectivity index (χ0n) is 12.9. The molecule has 0 bridgehead atoms. The number of methoxy groups -OCH3 is 1. The van der Waals surface area contributed by atoms with Gasteiger partial charge in [0, 0.05) is 12.4 Å². The van der Waals surface area contributed by atoms with Crippen LogP contribution in [0.25, 0.3) is 0 Å². The zero-order valence-corrected chi connectivity index (χ0v) is 12.9. The summed E-state index contributed by atoms with van der Waals surface area (Å²) in [4.78, 5) is 3.71. The van der Waals surface area contributed by atoms with Crippen LogP contribution in [0.1, 0.15) is 22.7 Å². The number of hydrogen-bond acceptors (Lipinski definition) is 4. The van der Waals surface area contributed by atoms with Crippen molar-refractivity contribution < 1.29 is 4.74 Å². The molecule has 0 heterocycles. The van der Waals surface area contributed by atoms with Crippen molar-refractivity contribution in [3.8, 4) is 5.75 Å². The van der Waals surface area contributed by atoms with Crippen molar-refractivity contribution in [2.24, 2.45) is 10.8 Å². The van der Waals surface area contributed by atoms with Crippen LogP contribution >= 0.6 is 0 Å². The fourth-order valence-electron chi connectivity index (χ4n) is 2.28. The SMILES string of the molecule is C=N/C=C\N(N)C(c1ccc(C)cc1)c1ccc(OC)cc1. The third kappa shape index (κ3) is 3.74. The number of ether oxygens (including phenoxy) is 1. The summed E-state index contributed by atoms with van der Waals surface area (Å²) in [5.41, 5.74) is 3.39. The van der Waals surface area contributed by atoms with Crippen LogP contribution in [-0.4, -0.2) is 18.8 Å². The summed E-state index contributed by atoms with van der Waals surface area (Å²) in [6.45, 7) is 5.50. The molecular formula is C18H21N3O. The maximum Gasteiger partial charge on any atom is 0.118 e. The number of hydrazine groups is 1. The normalized spacial score (nSPS) is 12.1. The summed E-state index contributed by atoms with van der Waals surface area (Å²) in [6, 6.07) is 16.1. The Morgan fingerprint density at radius 1 is 1.09 bits per heavy atom. The van der Waals surface area contributed by atoms with Gasteiger partial charge in [-0.25, -0.2) is 5.84 Å². The van der Waals surface area contributed by atoms with E-state index in [0.717, 1.165) is 16.9 Å². The summed E-state index contributed by atoms with van der Waals surface area (Å²) < 4.78 is 5.21. The average Bonchev–Trinajstić information content (AvgIpc) is 2.55. The first-order valence-corrected chi connectivity index (χ1v) is 7.01. The minimum absolute atomic E-state index is 0.107. The molecule has 1 atom stereocenters. The molecule has 2 N–H and O–H groups in total. The van der Waals surface area contributed by atoms with E-state index in [-0.39, 0.29) is 6.04 Å². The molecule has 4 nitrogen and oxygen atoms in total. The molecular weight excluding hydrogens is 274 g/mol. The second kappa shape index (κ2) is 7.43. The maximum absolute atomic E-state index is 6.20. The first-order chi connectivity index (χ1) is 10.7. The molecule has 4 heteroatoms. The van der Waals surface area contributed by atoms with Crippen LogP contribution in [0.15, 0.2) is 65.9 Å². The minimum atomic E-state index is -0.107. The molecule has 0 aromatic heterocycles. The fourth-order valence-corrected chi connectivity index (χ4v) is 2.28. The van der Waals surface area contributed by atoms with Gasteiger partial charge < -0.3 is 9.75 Å². The number of aliphatic imine (C=N–C) groups is 1. The van der Waals surface area contributed by atoms with Crippen LogP contribution in [0.5, 0.6) is 5.75 Å². The Kier molecular flexibility index (Phi) is 5.33. The monoisotopic (exact) mass is 295 g/mol. The Hall–Kier alpha value is -2.59. The molecule has 0 aliphatic heterocycles. The highest BCUT2D eigenvalue weighted by Gasteiger charge is 2.18. The van der Waals surface area contributed by atoms with Gasteiger partial charge >= 0.3 is 0 Å². The van der Waals surface area contributed by atoms with E-state index in [0.29, 0.717) is 0 Å². The summed E-state index contributed by atoms with van der Waals surface area (Å²) in [6.07, 6.45) is 3.28. The fraction of sp³-hybridized carbons (Fsp3) is 0.167. The van der Waals surface area contributed by atoms with Gasteiger partial charge in [-0.1, -0.05) is 42.0 Å². The summed E-state index contributed by atoms with van der Waals surface area (Å²) in [7, 11) is 1.65. The van der Waals surface area contributed by atoms with E-state index < -0.39 is 0 Å². The van der Waals surface area contributed by atoms with Crippen molar-refractivity contribution >= 4 is 6.72 Å². The number of hydrogen-bond donors (Lipinski definition) is 1. The van der Waals surface area contributed by atoms with E-state index >= 15 is 0 Å². The summed E-state index contributed by atoms with van der Waals surface area (Å²) in [5, 5.41) is 1.63. The van der Waals surface area contributed by atoms with Crippen molar-refractivity contribution in [2.45, 2.75) is 13.0 Å². The lowest BCUT2D eigenvalue weighted by molar-refractivity contribution is 0.328. The van der Waals surface area contributed by atoms with E-state index in [1.165, 1.54) is 5.56 Å². The highest BCUT2D eigenvalue weighted by Crippen LogP contribution is 2.28. The van der Waals surface area contributed by atoms with Gasteiger partial charge in [0.25, 0.3) is 0 Å². The quantitative estimate of drug-likeness (QED) is 0.504. The number of nitrogens with two attached hydrogens (primary N) is 1. The second-order valence-electron chi connectivity index (χ2n) is 5.01. The summed E-state index contributed by atoms with van der Waals surface area (Å²) >= 11 is 0. The number of rotatable bonds is 6. The van der Waals surface area contributed by atoms with Gasteiger partial charge in [0.15, 0.2) is 0 Å². The Bertz CT molecular complexity index is 632. The van der Waals surface area contributed by atoms with E-state index in [1.54, 1.807) is 24.5 Å². The van der Waals surface area contributed by atoms with Crippen LogP contribution < -0.4 is 10.6 Å². The smallest absolute Gasteiger partial charge is 0.118 e. The molecule has 0 saturated heterocycles. The summed E-state index contributed by atoms with van der Waals surface area (Å²) in [5.74, 6) is 7.02. The van der Waals surface area contributed by atoms with Crippen molar-refractivity contribution in [3.05, 3.63) is 77.6 Å². The Balaban J connectivity index is 2.41. The zero-order chi connectivity index (χ0) is 15.9. The van der Waals surface area contributed by atoms with Gasteiger partial charge in [-0.3, -0.25) is 4.99 Å². The molecule has 22 heavy (non-hydrogen) atoms. The lowest BCUT2D eigenvalue weighted by atomic mass is 9.97. The third-order valence-electron chi connectivity index (χ3n) is 3.47. The van der Waals surface area contributed by atoms with Gasteiger partial charge in [-0.05, 0) is 36.9 Å². The van der Waals surface area contributed by atoms with Crippen molar-refractivity contribution in [3.63, 3.8) is 0 Å².